The average molecular weight is 251 g/mol. The summed E-state index contributed by atoms with van der Waals surface area (Å²) in [5.74, 6) is 2.12. The van der Waals surface area contributed by atoms with Gasteiger partial charge in [-0.05, 0) is 23.7 Å². The van der Waals surface area contributed by atoms with Gasteiger partial charge in [-0.15, -0.1) is 0 Å². The summed E-state index contributed by atoms with van der Waals surface area (Å²) < 4.78 is 1.95. The Kier molecular flexibility index (Phi) is 4.57. The van der Waals surface area contributed by atoms with E-state index in [0.717, 1.165) is 37.3 Å². The normalized spacial score (nSPS) is 13.1. The molecule has 0 bridgehead atoms. The number of rotatable bonds is 4. The van der Waals surface area contributed by atoms with Gasteiger partial charge >= 0.3 is 0 Å². The molecule has 0 atom stereocenters. The average Bonchev–Trinajstić information content (AvgIpc) is 2.51. The lowest BCUT2D eigenvalue weighted by atomic mass is 9.90. The number of aromatic nitrogens is 3. The van der Waals surface area contributed by atoms with Crippen LogP contribution in [-0.2, 0) is 19.9 Å². The van der Waals surface area contributed by atoms with Gasteiger partial charge in [-0.1, -0.05) is 41.5 Å². The third kappa shape index (κ3) is 5.65. The van der Waals surface area contributed by atoms with Crippen LogP contribution in [0.3, 0.4) is 0 Å². The summed E-state index contributed by atoms with van der Waals surface area (Å²) in [7, 11) is 2.01. The number of hydrogen-bond acceptors (Lipinski definition) is 2. The lowest BCUT2D eigenvalue weighted by Crippen LogP contribution is -2.09. The summed E-state index contributed by atoms with van der Waals surface area (Å²) in [6.45, 7) is 13.6. The van der Waals surface area contributed by atoms with Crippen LogP contribution in [0.5, 0.6) is 0 Å². The van der Waals surface area contributed by atoms with Gasteiger partial charge in [-0.2, -0.15) is 5.10 Å². The van der Waals surface area contributed by atoms with Crippen LogP contribution in [0.4, 0.5) is 0 Å². The summed E-state index contributed by atoms with van der Waals surface area (Å²) >= 11 is 0. The first-order chi connectivity index (χ1) is 8.07. The van der Waals surface area contributed by atoms with E-state index in [9.17, 15) is 0 Å². The lowest BCUT2D eigenvalue weighted by Gasteiger charge is -2.17. The Morgan fingerprint density at radius 3 is 1.89 bits per heavy atom. The van der Waals surface area contributed by atoms with E-state index in [1.165, 1.54) is 0 Å². The number of nitrogens with zero attached hydrogens (tertiary/aromatic N) is 3. The Balaban J connectivity index is 2.59. The molecule has 1 aromatic heterocycles. The van der Waals surface area contributed by atoms with Gasteiger partial charge in [-0.3, -0.25) is 4.68 Å². The third-order valence-corrected chi connectivity index (χ3v) is 3.09. The van der Waals surface area contributed by atoms with Crippen LogP contribution in [0.25, 0.3) is 0 Å². The molecule has 0 fully saturated rings. The molecule has 18 heavy (non-hydrogen) atoms. The minimum atomic E-state index is 0.352. The minimum Gasteiger partial charge on any atom is -0.253 e. The molecule has 3 heteroatoms. The summed E-state index contributed by atoms with van der Waals surface area (Å²) in [4.78, 5) is 4.67. The van der Waals surface area contributed by atoms with Gasteiger partial charge in [-0.25, -0.2) is 4.98 Å². The fourth-order valence-electron chi connectivity index (χ4n) is 1.77. The molecule has 3 nitrogen and oxygen atoms in total. The van der Waals surface area contributed by atoms with E-state index >= 15 is 0 Å². The van der Waals surface area contributed by atoms with Crippen molar-refractivity contribution in [3.8, 4) is 0 Å². The summed E-state index contributed by atoms with van der Waals surface area (Å²) in [6, 6.07) is 0. The van der Waals surface area contributed by atoms with Gasteiger partial charge in [0, 0.05) is 19.9 Å². The molecule has 0 saturated heterocycles. The van der Waals surface area contributed by atoms with E-state index < -0.39 is 0 Å². The fourth-order valence-corrected chi connectivity index (χ4v) is 1.77. The molecule has 0 aliphatic carbocycles. The predicted octanol–water partition coefficient (Wildman–Crippen LogP) is 3.77. The van der Waals surface area contributed by atoms with Crippen LogP contribution in [0.15, 0.2) is 0 Å². The molecule has 0 spiro atoms. The highest BCUT2D eigenvalue weighted by molar-refractivity contribution is 4.94. The Morgan fingerprint density at radius 1 is 0.889 bits per heavy atom. The molecule has 0 amide bonds. The zero-order chi connectivity index (χ0) is 14.0. The SMILES string of the molecule is Cn1nc(CCC(C)(C)C)nc1CCC(C)(C)C. The maximum absolute atomic E-state index is 4.67. The molecule has 1 aromatic rings. The third-order valence-electron chi connectivity index (χ3n) is 3.09. The largest absolute Gasteiger partial charge is 0.253 e. The van der Waals surface area contributed by atoms with Gasteiger partial charge in [0.1, 0.15) is 5.82 Å². The second-order valence-corrected chi connectivity index (χ2v) is 7.69. The van der Waals surface area contributed by atoms with Crippen LogP contribution in [-0.4, -0.2) is 14.8 Å². The van der Waals surface area contributed by atoms with Crippen molar-refractivity contribution in [1.82, 2.24) is 14.8 Å². The van der Waals surface area contributed by atoms with Gasteiger partial charge in [0.25, 0.3) is 0 Å². The van der Waals surface area contributed by atoms with E-state index in [2.05, 4.69) is 51.6 Å². The van der Waals surface area contributed by atoms with Crippen molar-refractivity contribution in [2.45, 2.75) is 67.2 Å². The van der Waals surface area contributed by atoms with E-state index in [-0.39, 0.29) is 0 Å². The van der Waals surface area contributed by atoms with Gasteiger partial charge in [0.2, 0.25) is 0 Å². The zero-order valence-electron chi connectivity index (χ0n) is 13.2. The maximum atomic E-state index is 4.67. The van der Waals surface area contributed by atoms with Gasteiger partial charge in [0.15, 0.2) is 5.82 Å². The highest BCUT2D eigenvalue weighted by Crippen LogP contribution is 2.22. The van der Waals surface area contributed by atoms with Gasteiger partial charge < -0.3 is 0 Å². The van der Waals surface area contributed by atoms with Crippen molar-refractivity contribution in [2.75, 3.05) is 0 Å². The number of hydrogen-bond donors (Lipinski definition) is 0. The molecular weight excluding hydrogens is 222 g/mol. The molecule has 0 saturated carbocycles. The molecular formula is C15H29N3. The van der Waals surface area contributed by atoms with Crippen molar-refractivity contribution in [3.05, 3.63) is 11.6 Å². The van der Waals surface area contributed by atoms with Crippen LogP contribution in [0.1, 0.15) is 66.0 Å². The summed E-state index contributed by atoms with van der Waals surface area (Å²) in [5.41, 5.74) is 0.711. The minimum absolute atomic E-state index is 0.352. The molecule has 1 heterocycles. The van der Waals surface area contributed by atoms with Crippen LogP contribution < -0.4 is 0 Å². The first-order valence-corrected chi connectivity index (χ1v) is 6.96. The highest BCUT2D eigenvalue weighted by Gasteiger charge is 2.15. The van der Waals surface area contributed by atoms with Crippen molar-refractivity contribution in [2.24, 2.45) is 17.9 Å². The lowest BCUT2D eigenvalue weighted by molar-refractivity contribution is 0.371. The van der Waals surface area contributed by atoms with Crippen molar-refractivity contribution in [1.29, 1.82) is 0 Å². The van der Waals surface area contributed by atoms with Gasteiger partial charge in [0.05, 0.1) is 0 Å². The highest BCUT2D eigenvalue weighted by atomic mass is 15.3. The van der Waals surface area contributed by atoms with Crippen molar-refractivity contribution >= 4 is 0 Å². The topological polar surface area (TPSA) is 30.7 Å². The molecule has 0 aliphatic rings. The number of aryl methyl sites for hydroxylation is 3. The molecule has 1 rings (SSSR count). The summed E-state index contributed by atoms with van der Waals surface area (Å²) in [6.07, 6.45) is 4.28. The molecule has 0 unspecified atom stereocenters. The predicted molar refractivity (Wildman–Crippen MR) is 76.6 cm³/mol. The molecule has 104 valence electrons. The Morgan fingerprint density at radius 2 is 1.39 bits per heavy atom. The Labute approximate surface area is 112 Å². The van der Waals surface area contributed by atoms with E-state index in [1.54, 1.807) is 0 Å². The van der Waals surface area contributed by atoms with Crippen molar-refractivity contribution < 1.29 is 0 Å². The zero-order valence-corrected chi connectivity index (χ0v) is 13.2. The fraction of sp³-hybridized carbons (Fsp3) is 0.867. The Bertz CT molecular complexity index is 377. The van der Waals surface area contributed by atoms with E-state index in [0.29, 0.717) is 10.8 Å². The van der Waals surface area contributed by atoms with Crippen LogP contribution >= 0.6 is 0 Å². The molecule has 0 aliphatic heterocycles. The first kappa shape index (κ1) is 15.2. The Hall–Kier alpha value is -0.860. The second-order valence-electron chi connectivity index (χ2n) is 7.69. The first-order valence-electron chi connectivity index (χ1n) is 6.96. The smallest absolute Gasteiger partial charge is 0.150 e. The van der Waals surface area contributed by atoms with E-state index in [4.69, 9.17) is 0 Å². The van der Waals surface area contributed by atoms with Crippen LogP contribution in [0.2, 0.25) is 0 Å². The monoisotopic (exact) mass is 251 g/mol. The van der Waals surface area contributed by atoms with Crippen molar-refractivity contribution in [3.63, 3.8) is 0 Å². The quantitative estimate of drug-likeness (QED) is 0.815. The second kappa shape index (κ2) is 5.41. The standard InChI is InChI=1S/C15H29N3/c1-14(2,3)10-8-12-16-13(18(7)17-12)9-11-15(4,5)6/h8-11H2,1-7H3. The maximum Gasteiger partial charge on any atom is 0.150 e. The molecule has 0 aromatic carbocycles. The summed E-state index contributed by atoms with van der Waals surface area (Å²) in [5, 5.41) is 4.52. The molecule has 0 radical (unpaired) electrons. The van der Waals surface area contributed by atoms with Crippen LogP contribution in [0, 0.1) is 10.8 Å². The molecule has 0 N–H and O–H groups in total. The van der Waals surface area contributed by atoms with E-state index in [1.807, 2.05) is 11.7 Å².